The topological polar surface area (TPSA) is 71.4 Å². The summed E-state index contributed by atoms with van der Waals surface area (Å²) >= 11 is 0. The number of sulfonamides is 1. The van der Waals surface area contributed by atoms with E-state index in [-0.39, 0.29) is 5.91 Å². The van der Waals surface area contributed by atoms with E-state index in [4.69, 9.17) is 4.74 Å². The van der Waals surface area contributed by atoms with E-state index in [1.807, 2.05) is 12.1 Å². The first-order valence-corrected chi connectivity index (χ1v) is 11.6. The van der Waals surface area contributed by atoms with Gasteiger partial charge in [0.1, 0.15) is 13.1 Å². The zero-order chi connectivity index (χ0) is 20.1. The maximum absolute atomic E-state index is 12.9. The number of morpholine rings is 1. The van der Waals surface area contributed by atoms with E-state index in [0.29, 0.717) is 56.8 Å². The summed E-state index contributed by atoms with van der Waals surface area (Å²) in [5, 5.41) is 0. The molecule has 1 aromatic rings. The number of ether oxygens (including phenoxy) is 1. The molecule has 2 saturated heterocycles. The number of hydrogen-bond acceptors (Lipinski definition) is 4. The lowest BCUT2D eigenvalue weighted by Gasteiger charge is -2.34. The lowest BCUT2D eigenvalue weighted by atomic mass is 9.99. The largest absolute Gasteiger partial charge is 0.370 e. The maximum Gasteiger partial charge on any atom is 0.277 e. The van der Waals surface area contributed by atoms with Gasteiger partial charge in [-0.2, -0.15) is 4.31 Å². The average Bonchev–Trinajstić information content (AvgIpc) is 2.74. The molecule has 0 unspecified atom stereocenters. The monoisotopic (exact) mass is 410 g/mol. The van der Waals surface area contributed by atoms with Crippen LogP contribution in [0.2, 0.25) is 0 Å². The van der Waals surface area contributed by atoms with Gasteiger partial charge >= 0.3 is 0 Å². The van der Waals surface area contributed by atoms with Crippen LogP contribution in [0.1, 0.15) is 31.7 Å². The van der Waals surface area contributed by atoms with Gasteiger partial charge in [0.25, 0.3) is 5.91 Å². The van der Waals surface area contributed by atoms with Crippen molar-refractivity contribution >= 4 is 15.9 Å². The molecule has 1 amide bonds. The molecule has 1 N–H and O–H groups in total. The molecule has 3 rings (SSSR count). The molecule has 2 fully saturated rings. The normalized spacial score (nSPS) is 20.9. The molecule has 1 aromatic carbocycles. The number of quaternary nitrogens is 1. The molecule has 0 aliphatic carbocycles. The third-order valence-electron chi connectivity index (χ3n) is 5.89. The SMILES string of the molecule is CC[C@@H](C)c1ccc(S(=O)(=O)N2CCN(C(=O)C[NH+]3CCOCC3)CC2)cc1. The van der Waals surface area contributed by atoms with Gasteiger partial charge < -0.3 is 14.5 Å². The molecule has 0 saturated carbocycles. The molecule has 7 nitrogen and oxygen atoms in total. The van der Waals surface area contributed by atoms with Crippen molar-refractivity contribution in [2.24, 2.45) is 0 Å². The van der Waals surface area contributed by atoms with Crippen molar-refractivity contribution < 1.29 is 22.8 Å². The van der Waals surface area contributed by atoms with Gasteiger partial charge in [-0.15, -0.1) is 0 Å². The van der Waals surface area contributed by atoms with Crippen molar-refractivity contribution in [3.63, 3.8) is 0 Å². The lowest BCUT2D eigenvalue weighted by Crippen LogP contribution is -3.15. The van der Waals surface area contributed by atoms with Gasteiger partial charge in [0.15, 0.2) is 6.54 Å². The highest BCUT2D eigenvalue weighted by Crippen LogP contribution is 2.23. The quantitative estimate of drug-likeness (QED) is 0.714. The van der Waals surface area contributed by atoms with Crippen molar-refractivity contribution in [1.82, 2.24) is 9.21 Å². The summed E-state index contributed by atoms with van der Waals surface area (Å²) in [5.41, 5.74) is 1.16. The van der Waals surface area contributed by atoms with Crippen molar-refractivity contribution in [1.29, 1.82) is 0 Å². The molecule has 2 heterocycles. The second-order valence-electron chi connectivity index (χ2n) is 7.70. The van der Waals surface area contributed by atoms with Crippen LogP contribution in [0.25, 0.3) is 0 Å². The van der Waals surface area contributed by atoms with E-state index in [1.54, 1.807) is 17.0 Å². The first-order valence-electron chi connectivity index (χ1n) is 10.2. The van der Waals surface area contributed by atoms with E-state index >= 15 is 0 Å². The van der Waals surface area contributed by atoms with E-state index in [1.165, 1.54) is 9.21 Å². The Morgan fingerprint density at radius 3 is 2.29 bits per heavy atom. The van der Waals surface area contributed by atoms with Crippen molar-refractivity contribution in [3.05, 3.63) is 29.8 Å². The molecular formula is C20H32N3O4S+. The van der Waals surface area contributed by atoms with Crippen LogP contribution >= 0.6 is 0 Å². The van der Waals surface area contributed by atoms with Gasteiger partial charge in [0.2, 0.25) is 10.0 Å². The minimum absolute atomic E-state index is 0.104. The minimum Gasteiger partial charge on any atom is -0.370 e. The van der Waals surface area contributed by atoms with Gasteiger partial charge in [-0.3, -0.25) is 4.79 Å². The third kappa shape index (κ3) is 4.92. The molecule has 0 aromatic heterocycles. The van der Waals surface area contributed by atoms with Crippen molar-refractivity contribution in [2.75, 3.05) is 59.0 Å². The predicted octanol–water partition coefficient (Wildman–Crippen LogP) is -0.0519. The van der Waals surface area contributed by atoms with Crippen LogP contribution in [0.5, 0.6) is 0 Å². The summed E-state index contributed by atoms with van der Waals surface area (Å²) in [7, 11) is -3.51. The number of nitrogens with zero attached hydrogens (tertiary/aromatic N) is 2. The van der Waals surface area contributed by atoms with Gasteiger partial charge in [-0.05, 0) is 30.0 Å². The first kappa shape index (κ1) is 21.2. The lowest BCUT2D eigenvalue weighted by molar-refractivity contribution is -0.900. The van der Waals surface area contributed by atoms with E-state index in [9.17, 15) is 13.2 Å². The molecule has 2 aliphatic rings. The van der Waals surface area contributed by atoms with Gasteiger partial charge in [0, 0.05) is 26.2 Å². The summed E-state index contributed by atoms with van der Waals surface area (Å²) in [6.45, 7) is 9.43. The van der Waals surface area contributed by atoms with Crippen LogP contribution in [-0.2, 0) is 19.6 Å². The highest BCUT2D eigenvalue weighted by molar-refractivity contribution is 7.89. The van der Waals surface area contributed by atoms with E-state index < -0.39 is 10.0 Å². The molecule has 0 radical (unpaired) electrons. The maximum atomic E-state index is 12.9. The Morgan fingerprint density at radius 1 is 1.11 bits per heavy atom. The Morgan fingerprint density at radius 2 is 1.71 bits per heavy atom. The van der Waals surface area contributed by atoms with E-state index in [2.05, 4.69) is 13.8 Å². The van der Waals surface area contributed by atoms with Crippen LogP contribution in [-0.4, -0.2) is 82.6 Å². The molecule has 0 spiro atoms. The predicted molar refractivity (Wildman–Crippen MR) is 107 cm³/mol. The van der Waals surface area contributed by atoms with Crippen molar-refractivity contribution in [3.8, 4) is 0 Å². The third-order valence-corrected chi connectivity index (χ3v) is 7.80. The van der Waals surface area contributed by atoms with Crippen LogP contribution in [0.15, 0.2) is 29.2 Å². The Hall–Kier alpha value is -1.48. The fourth-order valence-electron chi connectivity index (χ4n) is 3.69. The smallest absolute Gasteiger partial charge is 0.277 e. The fraction of sp³-hybridized carbons (Fsp3) is 0.650. The number of hydrogen-bond donors (Lipinski definition) is 1. The number of carbonyl (C=O) groups is 1. The zero-order valence-corrected chi connectivity index (χ0v) is 17.7. The molecular weight excluding hydrogens is 378 g/mol. The molecule has 8 heteroatoms. The summed E-state index contributed by atoms with van der Waals surface area (Å²) in [4.78, 5) is 15.9. The van der Waals surface area contributed by atoms with Gasteiger partial charge in [-0.1, -0.05) is 26.0 Å². The van der Waals surface area contributed by atoms with Gasteiger partial charge in [0.05, 0.1) is 18.1 Å². The number of piperazine rings is 1. The highest BCUT2D eigenvalue weighted by Gasteiger charge is 2.31. The number of amides is 1. The Balaban J connectivity index is 1.56. The Bertz CT molecular complexity index is 752. The van der Waals surface area contributed by atoms with Crippen LogP contribution in [0.4, 0.5) is 0 Å². The molecule has 0 bridgehead atoms. The summed E-state index contributed by atoms with van der Waals surface area (Å²) in [6.07, 6.45) is 1.02. The molecule has 1 atom stereocenters. The number of rotatable bonds is 6. The Labute approximate surface area is 168 Å². The summed E-state index contributed by atoms with van der Waals surface area (Å²) < 4.78 is 32.7. The van der Waals surface area contributed by atoms with Crippen LogP contribution in [0, 0.1) is 0 Å². The first-order chi connectivity index (χ1) is 13.4. The number of nitrogens with one attached hydrogen (secondary N) is 1. The van der Waals surface area contributed by atoms with Crippen LogP contribution < -0.4 is 4.90 Å². The average molecular weight is 411 g/mol. The minimum atomic E-state index is -3.51. The highest BCUT2D eigenvalue weighted by atomic mass is 32.2. The number of carbonyl (C=O) groups excluding carboxylic acids is 1. The fourth-order valence-corrected chi connectivity index (χ4v) is 5.12. The number of benzene rings is 1. The standard InChI is InChI=1S/C20H31N3O4S/c1-3-17(2)18-4-6-19(7-5-18)28(25,26)23-10-8-22(9-11-23)20(24)16-21-12-14-27-15-13-21/h4-7,17H,3,8-16H2,1-2H3/p+1/t17-/m1/s1. The molecule has 28 heavy (non-hydrogen) atoms. The summed E-state index contributed by atoms with van der Waals surface area (Å²) in [5.74, 6) is 0.520. The second kappa shape index (κ2) is 9.35. The summed E-state index contributed by atoms with van der Waals surface area (Å²) in [6, 6.07) is 7.23. The Kier molecular flexibility index (Phi) is 7.09. The molecule has 2 aliphatic heterocycles. The van der Waals surface area contributed by atoms with E-state index in [0.717, 1.165) is 25.1 Å². The van der Waals surface area contributed by atoms with Crippen molar-refractivity contribution in [2.45, 2.75) is 31.1 Å². The second-order valence-corrected chi connectivity index (χ2v) is 9.64. The van der Waals surface area contributed by atoms with Gasteiger partial charge in [-0.25, -0.2) is 8.42 Å². The zero-order valence-electron chi connectivity index (χ0n) is 16.9. The van der Waals surface area contributed by atoms with Crippen LogP contribution in [0.3, 0.4) is 0 Å². The molecule has 156 valence electrons.